The Morgan fingerprint density at radius 1 is 0.969 bits per heavy atom. The van der Waals surface area contributed by atoms with E-state index in [-0.39, 0.29) is 11.8 Å². The summed E-state index contributed by atoms with van der Waals surface area (Å²) in [7, 11) is 0. The molecule has 5 rings (SSSR count). The number of halogens is 1. The minimum atomic E-state index is -0.330. The van der Waals surface area contributed by atoms with Gasteiger partial charge in [-0.2, -0.15) is 0 Å². The Balaban J connectivity index is 1.37. The fourth-order valence-corrected chi connectivity index (χ4v) is 5.33. The van der Waals surface area contributed by atoms with E-state index in [1.54, 1.807) is 22.3 Å². The third kappa shape index (κ3) is 3.86. The summed E-state index contributed by atoms with van der Waals surface area (Å²) in [5.74, 6) is -0.330. The molecule has 0 bridgehead atoms. The number of hydrogen-bond acceptors (Lipinski definition) is 3. The zero-order chi connectivity index (χ0) is 22.4. The van der Waals surface area contributed by atoms with Gasteiger partial charge < -0.3 is 4.90 Å². The number of amides is 2. The normalized spacial score (nSPS) is 14.1. The molecular weight excluding hydrogens is 421 g/mol. The maximum Gasteiger partial charge on any atom is 0.324 e. The van der Waals surface area contributed by atoms with Crippen LogP contribution in [0.15, 0.2) is 54.6 Å². The molecule has 4 nitrogen and oxygen atoms in total. The van der Waals surface area contributed by atoms with Crippen molar-refractivity contribution in [3.05, 3.63) is 82.1 Å². The summed E-state index contributed by atoms with van der Waals surface area (Å²) in [6.07, 6.45) is 0. The molecule has 1 aliphatic rings. The van der Waals surface area contributed by atoms with Crippen LogP contribution >= 0.6 is 11.3 Å². The van der Waals surface area contributed by atoms with Crippen molar-refractivity contribution in [2.24, 2.45) is 0 Å². The van der Waals surface area contributed by atoms with Crippen LogP contribution in [0.1, 0.15) is 21.7 Å². The number of carbonyl (C=O) groups is 1. The molecule has 0 unspecified atom stereocenters. The third-order valence-electron chi connectivity index (χ3n) is 5.82. The van der Waals surface area contributed by atoms with Gasteiger partial charge in [-0.25, -0.2) is 14.2 Å². The zero-order valence-electron chi connectivity index (χ0n) is 18.4. The molecule has 3 aromatic carbocycles. The average Bonchev–Trinajstić information content (AvgIpc) is 3.28. The summed E-state index contributed by atoms with van der Waals surface area (Å²) < 4.78 is 16.1. The first-order valence-electron chi connectivity index (χ1n) is 10.7. The zero-order valence-corrected chi connectivity index (χ0v) is 19.2. The molecule has 0 atom stereocenters. The highest BCUT2D eigenvalue weighted by atomic mass is 32.1. The number of fused-ring (bicyclic) bond motifs is 1. The Bertz CT molecular complexity index is 1330. The lowest BCUT2D eigenvalue weighted by molar-refractivity contribution is 0.218. The van der Waals surface area contributed by atoms with Gasteiger partial charge in [-0.3, -0.25) is 4.90 Å². The average molecular weight is 446 g/mol. The van der Waals surface area contributed by atoms with E-state index in [2.05, 4.69) is 37.0 Å². The van der Waals surface area contributed by atoms with Gasteiger partial charge in [0, 0.05) is 30.9 Å². The molecule has 6 heteroatoms. The van der Waals surface area contributed by atoms with Crippen LogP contribution in [0, 0.1) is 26.6 Å². The number of thiazole rings is 1. The van der Waals surface area contributed by atoms with E-state index in [9.17, 15) is 4.79 Å². The summed E-state index contributed by atoms with van der Waals surface area (Å²) in [5.41, 5.74) is 6.36. The summed E-state index contributed by atoms with van der Waals surface area (Å²) in [4.78, 5) is 21.0. The molecule has 2 heterocycles. The van der Waals surface area contributed by atoms with Gasteiger partial charge in [0.25, 0.3) is 0 Å². The second kappa shape index (κ2) is 8.02. The molecule has 4 aromatic rings. The van der Waals surface area contributed by atoms with Gasteiger partial charge in [0.15, 0.2) is 0 Å². The smallest absolute Gasteiger partial charge is 0.318 e. The first kappa shape index (κ1) is 20.6. The van der Waals surface area contributed by atoms with Gasteiger partial charge in [0.2, 0.25) is 0 Å². The van der Waals surface area contributed by atoms with E-state index in [1.807, 2.05) is 36.1 Å². The van der Waals surface area contributed by atoms with E-state index in [0.29, 0.717) is 30.9 Å². The van der Waals surface area contributed by atoms with Crippen LogP contribution in [0.25, 0.3) is 21.3 Å². The summed E-state index contributed by atoms with van der Waals surface area (Å²) >= 11 is 1.60. The number of carbonyl (C=O) groups excluding carboxylic acids is 1. The van der Waals surface area contributed by atoms with Crippen molar-refractivity contribution in [2.75, 3.05) is 18.0 Å². The Morgan fingerprint density at radius 2 is 1.75 bits per heavy atom. The van der Waals surface area contributed by atoms with E-state index >= 15 is 4.39 Å². The molecule has 1 fully saturated rings. The maximum absolute atomic E-state index is 15.1. The van der Waals surface area contributed by atoms with Crippen molar-refractivity contribution >= 4 is 33.3 Å². The van der Waals surface area contributed by atoms with E-state index in [4.69, 9.17) is 0 Å². The monoisotopic (exact) mass is 445 g/mol. The minimum absolute atomic E-state index is 0.0853. The predicted octanol–water partition coefficient (Wildman–Crippen LogP) is 6.47. The van der Waals surface area contributed by atoms with E-state index < -0.39 is 0 Å². The second-order valence-electron chi connectivity index (χ2n) is 8.43. The van der Waals surface area contributed by atoms with Crippen LogP contribution < -0.4 is 4.90 Å². The lowest BCUT2D eigenvalue weighted by Gasteiger charge is -2.20. The van der Waals surface area contributed by atoms with Gasteiger partial charge in [-0.1, -0.05) is 35.4 Å². The second-order valence-corrected chi connectivity index (χ2v) is 9.67. The van der Waals surface area contributed by atoms with Crippen molar-refractivity contribution < 1.29 is 9.18 Å². The summed E-state index contributed by atoms with van der Waals surface area (Å²) in [5, 5.41) is 0.992. The number of benzene rings is 3. The first-order valence-corrected chi connectivity index (χ1v) is 11.5. The number of aromatic nitrogens is 1. The molecule has 32 heavy (non-hydrogen) atoms. The van der Waals surface area contributed by atoms with Gasteiger partial charge in [0.1, 0.15) is 5.82 Å². The van der Waals surface area contributed by atoms with Gasteiger partial charge in [0.05, 0.1) is 15.2 Å². The molecule has 0 spiro atoms. The number of aryl methyl sites for hydroxylation is 3. The van der Waals surface area contributed by atoms with Crippen LogP contribution in [0.2, 0.25) is 0 Å². The molecule has 1 aliphatic heterocycles. The Kier molecular flexibility index (Phi) is 5.18. The van der Waals surface area contributed by atoms with Crippen molar-refractivity contribution in [3.63, 3.8) is 0 Å². The molecule has 1 aromatic heterocycles. The fourth-order valence-electron chi connectivity index (χ4n) is 4.46. The van der Waals surface area contributed by atoms with Crippen molar-refractivity contribution in [3.8, 4) is 11.1 Å². The number of urea groups is 1. The highest BCUT2D eigenvalue weighted by molar-refractivity contribution is 7.18. The predicted molar refractivity (Wildman–Crippen MR) is 129 cm³/mol. The molecular formula is C26H24FN3OS. The van der Waals surface area contributed by atoms with Crippen molar-refractivity contribution in [2.45, 2.75) is 27.3 Å². The highest BCUT2D eigenvalue weighted by Gasteiger charge is 2.30. The summed E-state index contributed by atoms with van der Waals surface area (Å²) in [6.45, 7) is 7.83. The lowest BCUT2D eigenvalue weighted by Crippen LogP contribution is -2.31. The fraction of sp³-hybridized carbons (Fsp3) is 0.231. The molecule has 1 saturated heterocycles. The van der Waals surface area contributed by atoms with Crippen LogP contribution in [0.3, 0.4) is 0 Å². The quantitative estimate of drug-likeness (QED) is 0.361. The third-order valence-corrected chi connectivity index (χ3v) is 6.75. The highest BCUT2D eigenvalue weighted by Crippen LogP contribution is 2.32. The molecule has 0 N–H and O–H groups in total. The minimum Gasteiger partial charge on any atom is -0.318 e. The SMILES string of the molecule is Cc1cc(C)cc(CN2CCN(c3ccc(-c4ccc5nc(C)sc5c4)c(F)c3)C2=O)c1. The largest absolute Gasteiger partial charge is 0.324 e. The van der Waals surface area contributed by atoms with Crippen LogP contribution in [0.4, 0.5) is 14.9 Å². The van der Waals surface area contributed by atoms with Gasteiger partial charge in [-0.05, 0) is 62.2 Å². The van der Waals surface area contributed by atoms with Crippen LogP contribution in [-0.4, -0.2) is 29.0 Å². The Labute approximate surface area is 190 Å². The molecule has 0 saturated carbocycles. The van der Waals surface area contributed by atoms with Crippen molar-refractivity contribution in [1.82, 2.24) is 9.88 Å². The lowest BCUT2D eigenvalue weighted by atomic mass is 10.0. The molecule has 0 radical (unpaired) electrons. The van der Waals surface area contributed by atoms with Gasteiger partial charge in [-0.15, -0.1) is 11.3 Å². The first-order chi connectivity index (χ1) is 15.4. The topological polar surface area (TPSA) is 36.4 Å². The molecule has 162 valence electrons. The molecule has 2 amide bonds. The number of hydrogen-bond donors (Lipinski definition) is 0. The Morgan fingerprint density at radius 3 is 2.50 bits per heavy atom. The van der Waals surface area contributed by atoms with E-state index in [1.165, 1.54) is 17.2 Å². The van der Waals surface area contributed by atoms with Crippen LogP contribution in [-0.2, 0) is 6.54 Å². The maximum atomic E-state index is 15.1. The summed E-state index contributed by atoms with van der Waals surface area (Å²) in [6, 6.07) is 17.1. The standard InChI is InChI=1S/C26H24FN3OS/c1-16-10-17(2)12-19(11-16)15-29-8-9-30(26(29)31)21-5-6-22(23(27)14-21)20-4-7-24-25(13-20)32-18(3)28-24/h4-7,10-14H,8-9,15H2,1-3H3. The Hall–Kier alpha value is -3.25. The van der Waals surface area contributed by atoms with E-state index in [0.717, 1.165) is 26.4 Å². The van der Waals surface area contributed by atoms with Gasteiger partial charge >= 0.3 is 6.03 Å². The number of anilines is 1. The number of nitrogens with zero attached hydrogens (tertiary/aromatic N) is 3. The van der Waals surface area contributed by atoms with Crippen LogP contribution in [0.5, 0.6) is 0 Å². The van der Waals surface area contributed by atoms with Crippen molar-refractivity contribution in [1.29, 1.82) is 0 Å². The number of rotatable bonds is 4. The molecule has 0 aliphatic carbocycles.